The lowest BCUT2D eigenvalue weighted by atomic mass is 9.87. The molecular weight excluding hydrogens is 290 g/mol. The number of fused-ring (bicyclic) bond motifs is 4. The average Bonchev–Trinajstić information content (AvgIpc) is 3.01. The number of nitrogens with one attached hydrogen (secondary N) is 1. The number of ether oxygens (including phenoxy) is 2. The number of aromatic nitrogens is 1. The normalized spacial score (nSPS) is 17.9. The third kappa shape index (κ3) is 2.14. The molecule has 0 radical (unpaired) electrons. The van der Waals surface area contributed by atoms with E-state index in [2.05, 4.69) is 16.0 Å². The Morgan fingerprint density at radius 3 is 2.87 bits per heavy atom. The van der Waals surface area contributed by atoms with Crippen LogP contribution in [0.3, 0.4) is 0 Å². The van der Waals surface area contributed by atoms with Crippen LogP contribution >= 0.6 is 0 Å². The maximum atomic E-state index is 9.49. The molecule has 0 aliphatic carbocycles. The molecule has 1 saturated heterocycles. The first-order valence-corrected chi connectivity index (χ1v) is 7.92. The topological polar surface area (TPSA) is 59.2 Å². The van der Waals surface area contributed by atoms with E-state index in [1.165, 1.54) is 0 Å². The summed E-state index contributed by atoms with van der Waals surface area (Å²) in [6.45, 7) is 2.38. The summed E-state index contributed by atoms with van der Waals surface area (Å²) < 4.78 is 13.8. The van der Waals surface area contributed by atoms with E-state index in [4.69, 9.17) is 9.47 Å². The smallest absolute Gasteiger partial charge is 0.152 e. The van der Waals surface area contributed by atoms with E-state index < -0.39 is 0 Å². The third-order valence-electron chi connectivity index (χ3n) is 4.75. The van der Waals surface area contributed by atoms with E-state index in [9.17, 15) is 5.26 Å². The van der Waals surface area contributed by atoms with Gasteiger partial charge in [-0.2, -0.15) is 5.26 Å². The Labute approximate surface area is 135 Å². The van der Waals surface area contributed by atoms with Gasteiger partial charge in [0.1, 0.15) is 17.5 Å². The standard InChI is InChI=1S/C18H19N3O2/c1-22-12-13-2-4-15-16(10-13)23-18(6-8-20-9-7-18)17-5-3-14(11-19)21(15)17/h2-5,10,20H,6-9,12H2,1H3. The molecule has 4 rings (SSSR count). The third-order valence-corrected chi connectivity index (χ3v) is 4.75. The van der Waals surface area contributed by atoms with Crippen molar-refractivity contribution in [3.8, 4) is 17.5 Å². The number of rotatable bonds is 2. The first kappa shape index (κ1) is 14.3. The van der Waals surface area contributed by atoms with Gasteiger partial charge in [0.25, 0.3) is 0 Å². The molecule has 0 atom stereocenters. The largest absolute Gasteiger partial charge is 0.479 e. The minimum absolute atomic E-state index is 0.348. The number of nitrogens with zero attached hydrogens (tertiary/aromatic N) is 2. The van der Waals surface area contributed by atoms with E-state index in [0.717, 1.165) is 48.6 Å². The van der Waals surface area contributed by atoms with Crippen molar-refractivity contribution in [2.24, 2.45) is 0 Å². The number of hydrogen-bond acceptors (Lipinski definition) is 4. The Bertz CT molecular complexity index is 782. The molecule has 3 heterocycles. The van der Waals surface area contributed by atoms with Crippen molar-refractivity contribution < 1.29 is 9.47 Å². The molecule has 2 aliphatic heterocycles. The monoisotopic (exact) mass is 309 g/mol. The Kier molecular flexibility index (Phi) is 3.37. The Balaban J connectivity index is 1.90. The Morgan fingerprint density at radius 2 is 2.13 bits per heavy atom. The van der Waals surface area contributed by atoms with Gasteiger partial charge in [0.05, 0.1) is 18.0 Å². The first-order chi connectivity index (χ1) is 11.3. The zero-order chi connectivity index (χ0) is 15.9. The summed E-state index contributed by atoms with van der Waals surface area (Å²) in [4.78, 5) is 0. The lowest BCUT2D eigenvalue weighted by Crippen LogP contribution is -2.47. The highest BCUT2D eigenvalue weighted by Crippen LogP contribution is 2.45. The van der Waals surface area contributed by atoms with Crippen LogP contribution in [-0.2, 0) is 16.9 Å². The van der Waals surface area contributed by atoms with Crippen LogP contribution in [0.1, 0.15) is 29.8 Å². The Hall–Kier alpha value is -2.29. The quantitative estimate of drug-likeness (QED) is 0.926. The van der Waals surface area contributed by atoms with Crippen LogP contribution in [0.5, 0.6) is 5.75 Å². The van der Waals surface area contributed by atoms with Crippen LogP contribution in [0.15, 0.2) is 30.3 Å². The number of piperidine rings is 1. The lowest BCUT2D eigenvalue weighted by Gasteiger charge is -2.42. The molecule has 0 saturated carbocycles. The predicted molar refractivity (Wildman–Crippen MR) is 85.6 cm³/mol. The minimum Gasteiger partial charge on any atom is -0.479 e. The highest BCUT2D eigenvalue weighted by atomic mass is 16.5. The van der Waals surface area contributed by atoms with E-state index in [0.29, 0.717) is 12.3 Å². The number of benzene rings is 1. The van der Waals surface area contributed by atoms with E-state index in [1.54, 1.807) is 7.11 Å². The van der Waals surface area contributed by atoms with Crippen molar-refractivity contribution in [2.75, 3.05) is 20.2 Å². The first-order valence-electron chi connectivity index (χ1n) is 7.92. The van der Waals surface area contributed by atoms with Gasteiger partial charge in [-0.25, -0.2) is 0 Å². The van der Waals surface area contributed by atoms with Crippen LogP contribution in [0.4, 0.5) is 0 Å². The van der Waals surface area contributed by atoms with Crippen LogP contribution in [0.2, 0.25) is 0 Å². The van der Waals surface area contributed by atoms with Crippen molar-refractivity contribution in [1.29, 1.82) is 5.26 Å². The minimum atomic E-state index is -0.348. The molecule has 5 nitrogen and oxygen atoms in total. The molecule has 2 aliphatic rings. The lowest BCUT2D eigenvalue weighted by molar-refractivity contribution is 0.0200. The van der Waals surface area contributed by atoms with Crippen LogP contribution in [0, 0.1) is 11.3 Å². The molecule has 0 amide bonds. The summed E-state index contributed by atoms with van der Waals surface area (Å²) in [6, 6.07) is 12.3. The van der Waals surface area contributed by atoms with Gasteiger partial charge in [-0.1, -0.05) is 6.07 Å². The maximum Gasteiger partial charge on any atom is 0.152 e. The summed E-state index contributed by atoms with van der Waals surface area (Å²) in [5.41, 5.74) is 3.40. The SMILES string of the molecule is COCc1ccc2c(c1)OC1(CCNCC1)c1ccc(C#N)n1-2. The van der Waals surface area contributed by atoms with Crippen molar-refractivity contribution in [2.45, 2.75) is 25.0 Å². The molecule has 23 heavy (non-hydrogen) atoms. The zero-order valence-electron chi connectivity index (χ0n) is 13.1. The highest BCUT2D eigenvalue weighted by Gasteiger charge is 2.43. The highest BCUT2D eigenvalue weighted by molar-refractivity contribution is 5.56. The average molecular weight is 309 g/mol. The number of methoxy groups -OCH3 is 1. The van der Waals surface area contributed by atoms with Gasteiger partial charge in [0.2, 0.25) is 0 Å². The Morgan fingerprint density at radius 1 is 1.30 bits per heavy atom. The number of nitriles is 1. The van der Waals surface area contributed by atoms with E-state index in [-0.39, 0.29) is 5.60 Å². The summed E-state index contributed by atoms with van der Waals surface area (Å²) >= 11 is 0. The molecule has 1 spiro atoms. The second-order valence-electron chi connectivity index (χ2n) is 6.13. The molecule has 5 heteroatoms. The van der Waals surface area contributed by atoms with Crippen molar-refractivity contribution in [1.82, 2.24) is 9.88 Å². The molecule has 1 aromatic heterocycles. The molecule has 2 aromatic rings. The maximum absolute atomic E-state index is 9.49. The molecule has 1 N–H and O–H groups in total. The summed E-state index contributed by atoms with van der Waals surface area (Å²) in [5.74, 6) is 0.835. The molecule has 1 aromatic carbocycles. The van der Waals surface area contributed by atoms with Gasteiger partial charge in [-0.05, 0) is 42.9 Å². The van der Waals surface area contributed by atoms with Crippen LogP contribution in [0.25, 0.3) is 5.69 Å². The zero-order valence-corrected chi connectivity index (χ0v) is 13.1. The van der Waals surface area contributed by atoms with Crippen molar-refractivity contribution >= 4 is 0 Å². The summed E-state index contributed by atoms with van der Waals surface area (Å²) in [6.07, 6.45) is 1.80. The van der Waals surface area contributed by atoms with Gasteiger partial charge in [0.15, 0.2) is 5.60 Å². The fraction of sp³-hybridized carbons (Fsp3) is 0.389. The van der Waals surface area contributed by atoms with Gasteiger partial charge in [-0.3, -0.25) is 4.57 Å². The van der Waals surface area contributed by atoms with Crippen molar-refractivity contribution in [3.63, 3.8) is 0 Å². The fourth-order valence-corrected chi connectivity index (χ4v) is 3.67. The second-order valence-corrected chi connectivity index (χ2v) is 6.13. The molecule has 0 bridgehead atoms. The summed E-state index contributed by atoms with van der Waals surface area (Å²) in [5, 5.41) is 12.9. The summed E-state index contributed by atoms with van der Waals surface area (Å²) in [7, 11) is 1.69. The molecular formula is C18H19N3O2. The van der Waals surface area contributed by atoms with Crippen LogP contribution < -0.4 is 10.1 Å². The molecule has 0 unspecified atom stereocenters. The number of hydrogen-bond donors (Lipinski definition) is 1. The second kappa shape index (κ2) is 5.41. The molecule has 1 fully saturated rings. The van der Waals surface area contributed by atoms with Crippen molar-refractivity contribution in [3.05, 3.63) is 47.3 Å². The van der Waals surface area contributed by atoms with Gasteiger partial charge in [-0.15, -0.1) is 0 Å². The van der Waals surface area contributed by atoms with E-state index >= 15 is 0 Å². The van der Waals surface area contributed by atoms with Gasteiger partial charge < -0.3 is 14.8 Å². The van der Waals surface area contributed by atoms with Crippen LogP contribution in [-0.4, -0.2) is 24.8 Å². The fourth-order valence-electron chi connectivity index (χ4n) is 3.67. The van der Waals surface area contributed by atoms with E-state index in [1.807, 2.05) is 30.3 Å². The predicted octanol–water partition coefficient (Wildman–Crippen LogP) is 2.47. The molecule has 118 valence electrons. The van der Waals surface area contributed by atoms with Gasteiger partial charge >= 0.3 is 0 Å². The van der Waals surface area contributed by atoms with Gasteiger partial charge in [0, 0.05) is 20.0 Å².